The van der Waals surface area contributed by atoms with Crippen LogP contribution in [-0.2, 0) is 0 Å². The van der Waals surface area contributed by atoms with Crippen molar-refractivity contribution in [2.24, 2.45) is 0 Å². The second-order valence-electron chi connectivity index (χ2n) is 6.35. The highest BCUT2D eigenvalue weighted by atomic mass is 79.9. The molecule has 130 valence electrons. The van der Waals surface area contributed by atoms with Gasteiger partial charge in [0.05, 0.1) is 11.4 Å². The van der Waals surface area contributed by atoms with Crippen molar-refractivity contribution in [1.82, 2.24) is 10.6 Å². The van der Waals surface area contributed by atoms with Gasteiger partial charge in [-0.1, -0.05) is 80.4 Å². The van der Waals surface area contributed by atoms with Crippen LogP contribution in [0.4, 0.5) is 0 Å². The van der Waals surface area contributed by atoms with E-state index in [0.717, 1.165) is 25.9 Å². The number of aryl methyl sites for hydroxylation is 1. The van der Waals surface area contributed by atoms with Gasteiger partial charge in [-0.2, -0.15) is 0 Å². The van der Waals surface area contributed by atoms with Gasteiger partial charge < -0.3 is 10.6 Å². The first-order chi connectivity index (χ1) is 12.6. The smallest absolute Gasteiger partial charge is 0.123 e. The Kier molecular flexibility index (Phi) is 4.88. The summed E-state index contributed by atoms with van der Waals surface area (Å²) in [6, 6.07) is 25.3. The predicted octanol–water partition coefficient (Wildman–Crippen LogP) is 6.24. The van der Waals surface area contributed by atoms with Gasteiger partial charge in [-0.05, 0) is 47.9 Å². The van der Waals surface area contributed by atoms with E-state index in [0.29, 0.717) is 0 Å². The molecule has 0 saturated carbocycles. The Hall–Kier alpha value is -2.04. The Balaban J connectivity index is 1.79. The summed E-state index contributed by atoms with van der Waals surface area (Å²) in [7, 11) is 0. The van der Waals surface area contributed by atoms with Gasteiger partial charge >= 0.3 is 0 Å². The first-order valence-electron chi connectivity index (χ1n) is 8.46. The number of hydrogen-bond donors (Lipinski definition) is 2. The topological polar surface area (TPSA) is 24.1 Å². The van der Waals surface area contributed by atoms with Crippen LogP contribution < -0.4 is 10.6 Å². The molecule has 4 heteroatoms. The van der Waals surface area contributed by atoms with Gasteiger partial charge in [0.1, 0.15) is 6.17 Å². The van der Waals surface area contributed by atoms with Crippen LogP contribution in [0.15, 0.2) is 81.7 Å². The Morgan fingerprint density at radius 1 is 0.731 bits per heavy atom. The van der Waals surface area contributed by atoms with E-state index in [4.69, 9.17) is 0 Å². The molecule has 1 aliphatic rings. The van der Waals surface area contributed by atoms with Crippen molar-refractivity contribution >= 4 is 43.3 Å². The Labute approximate surface area is 170 Å². The minimum Gasteiger partial charge on any atom is -0.359 e. The molecule has 0 radical (unpaired) electrons. The van der Waals surface area contributed by atoms with E-state index in [9.17, 15) is 0 Å². The van der Waals surface area contributed by atoms with E-state index in [2.05, 4.69) is 116 Å². The van der Waals surface area contributed by atoms with E-state index in [1.54, 1.807) is 0 Å². The Bertz CT molecular complexity index is 963. The number of hydrogen-bond acceptors (Lipinski definition) is 2. The highest BCUT2D eigenvalue weighted by Crippen LogP contribution is 2.34. The predicted molar refractivity (Wildman–Crippen MR) is 115 cm³/mol. The molecule has 0 aromatic heterocycles. The second kappa shape index (κ2) is 7.29. The fourth-order valence-electron chi connectivity index (χ4n) is 3.15. The zero-order chi connectivity index (χ0) is 18.1. The first-order valence-corrected chi connectivity index (χ1v) is 10.1. The summed E-state index contributed by atoms with van der Waals surface area (Å²) in [5, 5.41) is 7.34. The summed E-state index contributed by atoms with van der Waals surface area (Å²) < 4.78 is 2.20. The normalized spacial score (nSPS) is 16.3. The van der Waals surface area contributed by atoms with Gasteiger partial charge in [-0.25, -0.2) is 0 Å². The maximum Gasteiger partial charge on any atom is 0.123 e. The third kappa shape index (κ3) is 3.44. The molecule has 0 aliphatic carbocycles. The van der Waals surface area contributed by atoms with Crippen LogP contribution in [0.5, 0.6) is 0 Å². The fraction of sp³-hybridized carbons (Fsp3) is 0.0909. The Morgan fingerprint density at radius 2 is 1.35 bits per heavy atom. The molecule has 2 nitrogen and oxygen atoms in total. The molecule has 4 rings (SSSR count). The minimum absolute atomic E-state index is 0.0498. The van der Waals surface area contributed by atoms with Crippen molar-refractivity contribution in [2.75, 3.05) is 0 Å². The molecular weight excluding hydrogens is 452 g/mol. The number of nitrogens with one attached hydrogen (secondary N) is 2. The molecule has 0 saturated heterocycles. The number of rotatable bonds is 3. The van der Waals surface area contributed by atoms with Gasteiger partial charge in [0.15, 0.2) is 0 Å². The third-order valence-corrected chi connectivity index (χ3v) is 5.96. The molecule has 0 amide bonds. The molecule has 3 aromatic carbocycles. The van der Waals surface area contributed by atoms with Crippen LogP contribution in [0.2, 0.25) is 0 Å². The lowest BCUT2D eigenvalue weighted by atomic mass is 10.0. The van der Waals surface area contributed by atoms with Gasteiger partial charge in [-0.3, -0.25) is 0 Å². The van der Waals surface area contributed by atoms with Crippen molar-refractivity contribution in [3.63, 3.8) is 0 Å². The van der Waals surface area contributed by atoms with Crippen molar-refractivity contribution in [3.05, 3.63) is 104 Å². The average molecular weight is 470 g/mol. The molecular formula is C22H18Br2N2. The molecule has 0 bridgehead atoms. The van der Waals surface area contributed by atoms with E-state index in [-0.39, 0.29) is 6.17 Å². The van der Waals surface area contributed by atoms with Crippen LogP contribution in [0, 0.1) is 6.92 Å². The summed E-state index contributed by atoms with van der Waals surface area (Å²) in [5.41, 5.74) is 7.01. The van der Waals surface area contributed by atoms with E-state index < -0.39 is 0 Å². The van der Waals surface area contributed by atoms with Gasteiger partial charge in [0.2, 0.25) is 0 Å². The summed E-state index contributed by atoms with van der Waals surface area (Å²) in [6.45, 7) is 2.12. The van der Waals surface area contributed by atoms with Crippen LogP contribution in [-0.4, -0.2) is 0 Å². The summed E-state index contributed by atoms with van der Waals surface area (Å²) in [6.07, 6.45) is 0.0498. The molecule has 1 unspecified atom stereocenters. The van der Waals surface area contributed by atoms with Crippen LogP contribution in [0.25, 0.3) is 11.4 Å². The van der Waals surface area contributed by atoms with E-state index in [1.165, 1.54) is 16.7 Å². The summed E-state index contributed by atoms with van der Waals surface area (Å²) >= 11 is 7.12. The number of halogens is 2. The Morgan fingerprint density at radius 3 is 2.00 bits per heavy atom. The zero-order valence-electron chi connectivity index (χ0n) is 14.3. The maximum absolute atomic E-state index is 3.67. The van der Waals surface area contributed by atoms with Gasteiger partial charge in [0.25, 0.3) is 0 Å². The average Bonchev–Trinajstić information content (AvgIpc) is 3.11. The van der Waals surface area contributed by atoms with E-state index in [1.807, 2.05) is 6.07 Å². The van der Waals surface area contributed by atoms with Crippen LogP contribution in [0.1, 0.15) is 28.4 Å². The zero-order valence-corrected chi connectivity index (χ0v) is 17.4. The third-order valence-electron chi connectivity index (χ3n) is 4.54. The van der Waals surface area contributed by atoms with Crippen molar-refractivity contribution < 1.29 is 0 Å². The molecule has 1 aliphatic heterocycles. The highest BCUT2D eigenvalue weighted by molar-refractivity contribution is 9.10. The fourth-order valence-corrected chi connectivity index (χ4v) is 3.66. The SMILES string of the molecule is Cc1cc(C2=C(c3ccc(Br)cc3)NC(c3ccccc3)N2)ccc1Br. The molecule has 26 heavy (non-hydrogen) atoms. The molecule has 1 atom stereocenters. The quantitative estimate of drug-likeness (QED) is 0.474. The lowest BCUT2D eigenvalue weighted by molar-refractivity contribution is 0.620. The number of benzene rings is 3. The van der Waals surface area contributed by atoms with Gasteiger partial charge in [0, 0.05) is 14.5 Å². The second-order valence-corrected chi connectivity index (χ2v) is 8.12. The lowest BCUT2D eigenvalue weighted by Crippen LogP contribution is -2.23. The standard InChI is InChI=1S/C22H18Br2N2/c1-14-13-17(9-12-19(14)24)21-20(15-7-10-18(23)11-8-15)25-22(26-21)16-5-3-2-4-6-16/h2-13,22,25-26H,1H3. The molecule has 1 heterocycles. The molecule has 3 aromatic rings. The van der Waals surface area contributed by atoms with Crippen LogP contribution >= 0.6 is 31.9 Å². The highest BCUT2D eigenvalue weighted by Gasteiger charge is 2.25. The molecule has 0 spiro atoms. The van der Waals surface area contributed by atoms with Crippen LogP contribution in [0.3, 0.4) is 0 Å². The summed E-state index contributed by atoms with van der Waals surface area (Å²) in [4.78, 5) is 0. The monoisotopic (exact) mass is 468 g/mol. The van der Waals surface area contributed by atoms with Crippen molar-refractivity contribution in [1.29, 1.82) is 0 Å². The largest absolute Gasteiger partial charge is 0.359 e. The van der Waals surface area contributed by atoms with Crippen molar-refractivity contribution in [2.45, 2.75) is 13.1 Å². The molecule has 0 fully saturated rings. The first kappa shape index (κ1) is 17.4. The van der Waals surface area contributed by atoms with Gasteiger partial charge in [-0.15, -0.1) is 0 Å². The summed E-state index contributed by atoms with van der Waals surface area (Å²) in [5.74, 6) is 0. The lowest BCUT2D eigenvalue weighted by Gasteiger charge is -2.15. The molecule has 2 N–H and O–H groups in total. The van der Waals surface area contributed by atoms with E-state index >= 15 is 0 Å². The minimum atomic E-state index is 0.0498. The van der Waals surface area contributed by atoms with Crippen molar-refractivity contribution in [3.8, 4) is 0 Å². The maximum atomic E-state index is 3.67.